The highest BCUT2D eigenvalue weighted by atomic mass is 35.5. The Morgan fingerprint density at radius 3 is 2.54 bits per heavy atom. The smallest absolute Gasteiger partial charge is 0.325 e. The molecule has 0 aliphatic heterocycles. The first-order valence-corrected chi connectivity index (χ1v) is 11.6. The van der Waals surface area contributed by atoms with Crippen LogP contribution in [0.3, 0.4) is 0 Å². The Labute approximate surface area is 205 Å². The van der Waals surface area contributed by atoms with Gasteiger partial charge in [0.15, 0.2) is 11.2 Å². The van der Waals surface area contributed by atoms with Crippen LogP contribution in [0, 0.1) is 11.7 Å². The molecule has 4 rings (SSSR count). The van der Waals surface area contributed by atoms with E-state index in [0.29, 0.717) is 12.5 Å². The van der Waals surface area contributed by atoms with E-state index in [0.717, 1.165) is 22.6 Å². The van der Waals surface area contributed by atoms with Crippen LogP contribution in [0.5, 0.6) is 0 Å². The molecule has 1 amide bonds. The molecule has 0 unspecified atom stereocenters. The van der Waals surface area contributed by atoms with Gasteiger partial charge >= 0.3 is 5.69 Å². The van der Waals surface area contributed by atoms with E-state index in [1.54, 1.807) is 10.9 Å². The van der Waals surface area contributed by atoms with Gasteiger partial charge < -0.3 is 9.88 Å². The number of carbonyl (C=O) groups is 1. The topological polar surface area (TPSA) is 90.9 Å². The van der Waals surface area contributed by atoms with Crippen molar-refractivity contribution in [2.45, 2.75) is 39.9 Å². The monoisotopic (exact) mass is 497 g/mol. The van der Waals surface area contributed by atoms with E-state index in [4.69, 9.17) is 11.6 Å². The maximum absolute atomic E-state index is 13.4. The van der Waals surface area contributed by atoms with Crippen molar-refractivity contribution in [3.05, 3.63) is 92.1 Å². The number of rotatable bonds is 8. The molecule has 8 nitrogen and oxygen atoms in total. The van der Waals surface area contributed by atoms with Crippen LogP contribution >= 0.6 is 11.6 Å². The van der Waals surface area contributed by atoms with E-state index in [9.17, 15) is 18.8 Å². The number of aromatic nitrogens is 4. The zero-order valence-corrected chi connectivity index (χ0v) is 20.1. The summed E-state index contributed by atoms with van der Waals surface area (Å²) in [4.78, 5) is 43.9. The fourth-order valence-electron chi connectivity index (χ4n) is 3.77. The molecular formula is C25H25ClFN5O3. The maximum atomic E-state index is 13.4. The number of imidazole rings is 1. The first-order chi connectivity index (χ1) is 16.7. The Morgan fingerprint density at radius 1 is 1.11 bits per heavy atom. The van der Waals surface area contributed by atoms with Crippen LogP contribution in [-0.2, 0) is 24.4 Å². The van der Waals surface area contributed by atoms with Gasteiger partial charge in [-0.05, 0) is 36.1 Å². The highest BCUT2D eigenvalue weighted by molar-refractivity contribution is 6.31. The van der Waals surface area contributed by atoms with Crippen LogP contribution in [0.25, 0.3) is 11.2 Å². The number of benzene rings is 2. The minimum absolute atomic E-state index is 0.152. The minimum atomic E-state index is -0.646. The summed E-state index contributed by atoms with van der Waals surface area (Å²) in [6.45, 7) is 4.37. The molecule has 2 heterocycles. The molecule has 0 saturated heterocycles. The fraction of sp³-hybridized carbons (Fsp3) is 0.280. The second-order valence-electron chi connectivity index (χ2n) is 8.72. The zero-order valence-electron chi connectivity index (χ0n) is 19.4. The summed E-state index contributed by atoms with van der Waals surface area (Å²) in [5, 5.41) is 2.41. The van der Waals surface area contributed by atoms with Gasteiger partial charge in [0.2, 0.25) is 5.91 Å². The van der Waals surface area contributed by atoms with Crippen LogP contribution in [0.15, 0.2) is 64.4 Å². The van der Waals surface area contributed by atoms with Gasteiger partial charge in [-0.3, -0.25) is 14.2 Å². The standard InChI is InChI=1S/C25H25ClFN5O3/c1-16(2)10-11-30-15-28-23-22(30)24(34)32(25(35)31(23)13-17-6-4-3-5-7-17)14-21(33)29-18-8-9-20(27)19(26)12-18/h3-9,12,15-16H,10-11,13-14H2,1-2H3,(H,29,33). The third-order valence-electron chi connectivity index (χ3n) is 5.62. The van der Waals surface area contributed by atoms with Gasteiger partial charge in [0.25, 0.3) is 5.56 Å². The molecule has 0 aliphatic rings. The number of fused-ring (bicyclic) bond motifs is 1. The van der Waals surface area contributed by atoms with Crippen molar-refractivity contribution in [1.82, 2.24) is 18.7 Å². The van der Waals surface area contributed by atoms with Crippen molar-refractivity contribution < 1.29 is 9.18 Å². The van der Waals surface area contributed by atoms with E-state index in [1.807, 2.05) is 30.3 Å². The number of carbonyl (C=O) groups excluding carboxylic acids is 1. The van der Waals surface area contributed by atoms with E-state index >= 15 is 0 Å². The van der Waals surface area contributed by atoms with Crippen molar-refractivity contribution in [3.8, 4) is 0 Å². The predicted octanol–water partition coefficient (Wildman–Crippen LogP) is 3.89. The van der Waals surface area contributed by atoms with Gasteiger partial charge in [0.05, 0.1) is 17.9 Å². The average molecular weight is 498 g/mol. The number of nitrogens with zero attached hydrogens (tertiary/aromatic N) is 4. The van der Waals surface area contributed by atoms with Crippen LogP contribution in [-0.4, -0.2) is 24.6 Å². The normalized spacial score (nSPS) is 11.3. The maximum Gasteiger partial charge on any atom is 0.333 e. The van der Waals surface area contributed by atoms with Crippen molar-refractivity contribution in [2.24, 2.45) is 5.92 Å². The lowest BCUT2D eigenvalue weighted by Crippen LogP contribution is -2.43. The molecule has 0 fully saturated rings. The number of nitrogens with one attached hydrogen (secondary N) is 1. The van der Waals surface area contributed by atoms with Gasteiger partial charge in [0, 0.05) is 12.2 Å². The Morgan fingerprint density at radius 2 is 1.86 bits per heavy atom. The lowest BCUT2D eigenvalue weighted by atomic mass is 10.1. The molecular weight excluding hydrogens is 473 g/mol. The number of aryl methyl sites for hydroxylation is 1. The highest BCUT2D eigenvalue weighted by Gasteiger charge is 2.20. The largest absolute Gasteiger partial charge is 0.333 e. The van der Waals surface area contributed by atoms with E-state index < -0.39 is 29.5 Å². The van der Waals surface area contributed by atoms with Crippen molar-refractivity contribution >= 4 is 34.4 Å². The Hall–Kier alpha value is -3.72. The third-order valence-corrected chi connectivity index (χ3v) is 5.91. The molecule has 0 radical (unpaired) electrons. The first kappa shape index (κ1) is 24.4. The number of halogens is 2. The van der Waals surface area contributed by atoms with Gasteiger partial charge in [-0.1, -0.05) is 55.8 Å². The molecule has 0 bridgehead atoms. The Balaban J connectivity index is 1.76. The van der Waals surface area contributed by atoms with Gasteiger partial charge in [-0.2, -0.15) is 0 Å². The van der Waals surface area contributed by atoms with E-state index in [-0.39, 0.29) is 28.4 Å². The summed E-state index contributed by atoms with van der Waals surface area (Å²) in [6, 6.07) is 13.1. The van der Waals surface area contributed by atoms with Crippen molar-refractivity contribution in [2.75, 3.05) is 5.32 Å². The molecule has 0 atom stereocenters. The molecule has 0 aliphatic carbocycles. The number of hydrogen-bond acceptors (Lipinski definition) is 4. The van der Waals surface area contributed by atoms with E-state index in [2.05, 4.69) is 24.1 Å². The Bertz CT molecular complexity index is 1490. The summed E-state index contributed by atoms with van der Waals surface area (Å²) in [5.74, 6) is -0.839. The Kier molecular flexibility index (Phi) is 7.16. The second kappa shape index (κ2) is 10.3. The molecule has 2 aromatic carbocycles. The second-order valence-corrected chi connectivity index (χ2v) is 9.12. The van der Waals surface area contributed by atoms with Gasteiger partial charge in [-0.15, -0.1) is 0 Å². The molecule has 35 heavy (non-hydrogen) atoms. The summed E-state index contributed by atoms with van der Waals surface area (Å²) in [5.41, 5.74) is 0.398. The number of amides is 1. The third kappa shape index (κ3) is 5.35. The minimum Gasteiger partial charge on any atom is -0.325 e. The van der Waals surface area contributed by atoms with Gasteiger partial charge in [0.1, 0.15) is 12.4 Å². The van der Waals surface area contributed by atoms with Crippen LogP contribution in [0.4, 0.5) is 10.1 Å². The molecule has 2 aromatic heterocycles. The summed E-state index contributed by atoms with van der Waals surface area (Å²) < 4.78 is 17.5. The summed E-state index contributed by atoms with van der Waals surface area (Å²) in [7, 11) is 0. The molecule has 0 spiro atoms. The van der Waals surface area contributed by atoms with Gasteiger partial charge in [-0.25, -0.2) is 18.7 Å². The molecule has 0 saturated carbocycles. The number of hydrogen-bond donors (Lipinski definition) is 1. The van der Waals surface area contributed by atoms with Crippen LogP contribution in [0.2, 0.25) is 5.02 Å². The SMILES string of the molecule is CC(C)CCn1cnc2c1c(=O)n(CC(=O)Nc1ccc(F)c(Cl)c1)c(=O)n2Cc1ccccc1. The summed E-state index contributed by atoms with van der Waals surface area (Å²) >= 11 is 5.78. The van der Waals surface area contributed by atoms with E-state index in [1.165, 1.54) is 16.7 Å². The quantitative estimate of drug-likeness (QED) is 0.400. The molecule has 4 aromatic rings. The van der Waals surface area contributed by atoms with Crippen molar-refractivity contribution in [3.63, 3.8) is 0 Å². The predicted molar refractivity (Wildman–Crippen MR) is 133 cm³/mol. The lowest BCUT2D eigenvalue weighted by Gasteiger charge is -2.13. The zero-order chi connectivity index (χ0) is 25.1. The van der Waals surface area contributed by atoms with Crippen LogP contribution in [0.1, 0.15) is 25.8 Å². The molecule has 10 heteroatoms. The average Bonchev–Trinajstić information content (AvgIpc) is 3.25. The molecule has 1 N–H and O–H groups in total. The fourth-order valence-corrected chi connectivity index (χ4v) is 3.95. The first-order valence-electron chi connectivity index (χ1n) is 11.2. The number of anilines is 1. The highest BCUT2D eigenvalue weighted by Crippen LogP contribution is 2.19. The van der Waals surface area contributed by atoms with Crippen LogP contribution < -0.4 is 16.6 Å². The molecule has 182 valence electrons. The summed E-state index contributed by atoms with van der Waals surface area (Å²) in [6.07, 6.45) is 2.37. The lowest BCUT2D eigenvalue weighted by molar-refractivity contribution is -0.116. The van der Waals surface area contributed by atoms with Crippen molar-refractivity contribution in [1.29, 1.82) is 0 Å².